The summed E-state index contributed by atoms with van der Waals surface area (Å²) in [4.78, 5) is 3.38. The van der Waals surface area contributed by atoms with E-state index in [0.717, 1.165) is 24.1 Å². The molecule has 2 heterocycles. The maximum Gasteiger partial charge on any atom is 0.243 e. The number of halogens is 1. The summed E-state index contributed by atoms with van der Waals surface area (Å²) in [6, 6.07) is 8.61. The van der Waals surface area contributed by atoms with Crippen LogP contribution in [0.5, 0.6) is 0 Å². The largest absolute Gasteiger partial charge is 0.364 e. The van der Waals surface area contributed by atoms with Crippen LogP contribution >= 0.6 is 11.6 Å². The van der Waals surface area contributed by atoms with Gasteiger partial charge in [0, 0.05) is 23.5 Å². The summed E-state index contributed by atoms with van der Waals surface area (Å²) >= 11 is 6.07. The minimum Gasteiger partial charge on any atom is -0.364 e. The molecule has 6 heteroatoms. The van der Waals surface area contributed by atoms with E-state index in [4.69, 9.17) is 11.6 Å². The number of hydrogen-bond donors (Lipinski definition) is 1. The maximum atomic E-state index is 12.9. The average Bonchev–Trinajstić information content (AvgIpc) is 3.11. The Balaban J connectivity index is 1.99. The van der Waals surface area contributed by atoms with Gasteiger partial charge in [-0.2, -0.15) is 4.31 Å². The molecule has 1 unspecified atom stereocenters. The van der Waals surface area contributed by atoms with Gasteiger partial charge in [-0.3, -0.25) is 0 Å². The summed E-state index contributed by atoms with van der Waals surface area (Å²) in [5.41, 5.74) is 1.81. The first-order chi connectivity index (χ1) is 10.00. The zero-order valence-electron chi connectivity index (χ0n) is 11.7. The molecule has 1 fully saturated rings. The first-order valence-corrected chi connectivity index (χ1v) is 8.73. The average molecular weight is 325 g/mol. The van der Waals surface area contributed by atoms with Crippen molar-refractivity contribution < 1.29 is 8.42 Å². The topological polar surface area (TPSA) is 53.2 Å². The number of nitrogens with zero attached hydrogens (tertiary/aromatic N) is 1. The number of hydrogen-bond acceptors (Lipinski definition) is 2. The van der Waals surface area contributed by atoms with E-state index in [1.54, 1.807) is 16.4 Å². The SMILES string of the molecule is Cc1ccc(S(=O)(=O)N2CCCC2c2ccc[nH]2)cc1Cl. The van der Waals surface area contributed by atoms with E-state index in [2.05, 4.69) is 4.98 Å². The summed E-state index contributed by atoms with van der Waals surface area (Å²) in [6.07, 6.45) is 3.52. The lowest BCUT2D eigenvalue weighted by Gasteiger charge is -2.23. The second-order valence-corrected chi connectivity index (χ2v) is 7.61. The van der Waals surface area contributed by atoms with Crippen molar-refractivity contribution in [2.75, 3.05) is 6.54 Å². The molecule has 0 spiro atoms. The molecule has 0 aliphatic carbocycles. The van der Waals surface area contributed by atoms with Crippen molar-refractivity contribution in [3.05, 3.63) is 52.8 Å². The molecule has 1 aromatic heterocycles. The molecule has 3 rings (SSSR count). The molecule has 1 saturated heterocycles. The lowest BCUT2D eigenvalue weighted by molar-refractivity contribution is 0.391. The molecule has 4 nitrogen and oxygen atoms in total. The van der Waals surface area contributed by atoms with Crippen molar-refractivity contribution in [2.24, 2.45) is 0 Å². The summed E-state index contributed by atoms with van der Waals surface area (Å²) in [6.45, 7) is 2.40. The summed E-state index contributed by atoms with van der Waals surface area (Å²) in [5, 5.41) is 0.478. The van der Waals surface area contributed by atoms with Crippen molar-refractivity contribution in [1.82, 2.24) is 9.29 Å². The van der Waals surface area contributed by atoms with Crippen LogP contribution in [0, 0.1) is 6.92 Å². The number of rotatable bonds is 3. The van der Waals surface area contributed by atoms with E-state index < -0.39 is 10.0 Å². The Morgan fingerprint density at radius 1 is 1.33 bits per heavy atom. The van der Waals surface area contributed by atoms with E-state index in [1.807, 2.05) is 25.3 Å². The van der Waals surface area contributed by atoms with Crippen LogP contribution in [0.3, 0.4) is 0 Å². The van der Waals surface area contributed by atoms with Gasteiger partial charge in [-0.1, -0.05) is 17.7 Å². The zero-order chi connectivity index (χ0) is 15.0. The summed E-state index contributed by atoms with van der Waals surface area (Å²) in [5.74, 6) is 0. The van der Waals surface area contributed by atoms with Crippen molar-refractivity contribution >= 4 is 21.6 Å². The fourth-order valence-electron chi connectivity index (χ4n) is 2.76. The molecule has 112 valence electrons. The summed E-state index contributed by atoms with van der Waals surface area (Å²) < 4.78 is 27.3. The Hall–Kier alpha value is -1.30. The van der Waals surface area contributed by atoms with Crippen molar-refractivity contribution in [1.29, 1.82) is 0 Å². The van der Waals surface area contributed by atoms with E-state index in [9.17, 15) is 8.42 Å². The number of sulfonamides is 1. The van der Waals surface area contributed by atoms with E-state index in [1.165, 1.54) is 6.07 Å². The van der Waals surface area contributed by atoms with Gasteiger partial charge in [0.25, 0.3) is 0 Å². The van der Waals surface area contributed by atoms with Gasteiger partial charge >= 0.3 is 0 Å². The number of benzene rings is 1. The molecule has 1 aliphatic heterocycles. The normalized spacial score (nSPS) is 20.0. The highest BCUT2D eigenvalue weighted by atomic mass is 35.5. The van der Waals surface area contributed by atoms with Gasteiger partial charge in [-0.25, -0.2) is 8.42 Å². The standard InChI is InChI=1S/C15H17ClN2O2S/c1-11-6-7-12(10-13(11)16)21(19,20)18-9-3-5-15(18)14-4-2-8-17-14/h2,4,6-8,10,15,17H,3,5,9H2,1H3. The number of nitrogens with one attached hydrogen (secondary N) is 1. The molecule has 1 atom stereocenters. The number of aromatic amines is 1. The minimum absolute atomic E-state index is 0.120. The second-order valence-electron chi connectivity index (χ2n) is 5.31. The monoisotopic (exact) mass is 324 g/mol. The Bertz CT molecular complexity index is 741. The van der Waals surface area contributed by atoms with Gasteiger partial charge in [0.2, 0.25) is 10.0 Å². The fourth-order valence-corrected chi connectivity index (χ4v) is 4.71. The third kappa shape index (κ3) is 2.61. The molecular weight excluding hydrogens is 308 g/mol. The first kappa shape index (κ1) is 14.6. The predicted molar refractivity (Wildman–Crippen MR) is 82.8 cm³/mol. The molecule has 2 aromatic rings. The van der Waals surface area contributed by atoms with E-state index >= 15 is 0 Å². The molecule has 0 saturated carbocycles. The molecule has 0 bridgehead atoms. The van der Waals surface area contributed by atoms with Crippen LogP contribution in [-0.4, -0.2) is 24.3 Å². The van der Waals surface area contributed by atoms with Crippen LogP contribution < -0.4 is 0 Å². The van der Waals surface area contributed by atoms with Gasteiger partial charge in [-0.05, 0) is 49.6 Å². The second kappa shape index (κ2) is 5.48. The molecule has 1 N–H and O–H groups in total. The molecule has 1 aromatic carbocycles. The predicted octanol–water partition coefficient (Wildman–Crippen LogP) is 3.50. The van der Waals surface area contributed by atoms with Crippen molar-refractivity contribution in [3.8, 4) is 0 Å². The van der Waals surface area contributed by atoms with Crippen LogP contribution in [0.15, 0.2) is 41.4 Å². The molecule has 21 heavy (non-hydrogen) atoms. The first-order valence-electron chi connectivity index (χ1n) is 6.91. The molecule has 0 amide bonds. The highest BCUT2D eigenvalue weighted by Crippen LogP contribution is 2.36. The van der Waals surface area contributed by atoms with Gasteiger partial charge < -0.3 is 4.98 Å². The zero-order valence-corrected chi connectivity index (χ0v) is 13.3. The number of aromatic nitrogens is 1. The maximum absolute atomic E-state index is 12.9. The molecular formula is C15H17ClN2O2S. The quantitative estimate of drug-likeness (QED) is 0.939. The van der Waals surface area contributed by atoms with Crippen LogP contribution in [0.4, 0.5) is 0 Å². The molecule has 1 aliphatic rings. The van der Waals surface area contributed by atoms with Crippen LogP contribution in [0.1, 0.15) is 30.1 Å². The Morgan fingerprint density at radius 2 is 2.14 bits per heavy atom. The van der Waals surface area contributed by atoms with Crippen LogP contribution in [-0.2, 0) is 10.0 Å². The lowest BCUT2D eigenvalue weighted by Crippen LogP contribution is -2.30. The Kier molecular flexibility index (Phi) is 3.82. The highest BCUT2D eigenvalue weighted by Gasteiger charge is 2.36. The highest BCUT2D eigenvalue weighted by molar-refractivity contribution is 7.89. The smallest absolute Gasteiger partial charge is 0.243 e. The molecule has 0 radical (unpaired) electrons. The van der Waals surface area contributed by atoms with Gasteiger partial charge in [0.1, 0.15) is 0 Å². The lowest BCUT2D eigenvalue weighted by atomic mass is 10.2. The number of aryl methyl sites for hydroxylation is 1. The van der Waals surface area contributed by atoms with Crippen LogP contribution in [0.25, 0.3) is 0 Å². The van der Waals surface area contributed by atoms with E-state index in [-0.39, 0.29) is 10.9 Å². The van der Waals surface area contributed by atoms with Crippen molar-refractivity contribution in [3.63, 3.8) is 0 Å². The summed E-state index contributed by atoms with van der Waals surface area (Å²) in [7, 11) is -3.52. The Morgan fingerprint density at radius 3 is 2.81 bits per heavy atom. The Labute approximate surface area is 129 Å². The minimum atomic E-state index is -3.52. The number of H-pyrrole nitrogens is 1. The third-order valence-corrected chi connectivity index (χ3v) is 6.25. The van der Waals surface area contributed by atoms with Gasteiger partial charge in [0.05, 0.1) is 10.9 Å². The van der Waals surface area contributed by atoms with Crippen molar-refractivity contribution in [2.45, 2.75) is 30.7 Å². The van der Waals surface area contributed by atoms with E-state index in [0.29, 0.717) is 11.6 Å². The fraction of sp³-hybridized carbons (Fsp3) is 0.333. The third-order valence-electron chi connectivity index (χ3n) is 3.93. The van der Waals surface area contributed by atoms with Crippen LogP contribution in [0.2, 0.25) is 5.02 Å². The van der Waals surface area contributed by atoms with Gasteiger partial charge in [0.15, 0.2) is 0 Å². The van der Waals surface area contributed by atoms with Gasteiger partial charge in [-0.15, -0.1) is 0 Å².